The third kappa shape index (κ3) is 4.34. The van der Waals surface area contributed by atoms with Crippen molar-refractivity contribution in [2.45, 2.75) is 12.5 Å². The molecule has 1 aliphatic heterocycles. The Kier molecular flexibility index (Phi) is 6.20. The number of hydrogen-bond donors (Lipinski definition) is 1. The van der Waals surface area contributed by atoms with E-state index in [9.17, 15) is 4.79 Å². The lowest BCUT2D eigenvalue weighted by atomic mass is 10.1. The fourth-order valence-corrected chi connectivity index (χ4v) is 2.87. The van der Waals surface area contributed by atoms with Gasteiger partial charge in [-0.3, -0.25) is 4.79 Å². The van der Waals surface area contributed by atoms with Crippen LogP contribution in [0, 0.1) is 0 Å². The fourth-order valence-electron chi connectivity index (χ4n) is 2.87. The molecule has 3 rings (SSSR count). The van der Waals surface area contributed by atoms with E-state index in [1.807, 2.05) is 0 Å². The van der Waals surface area contributed by atoms with Crippen LogP contribution in [0.4, 0.5) is 0 Å². The summed E-state index contributed by atoms with van der Waals surface area (Å²) in [6, 6.07) is 5.16. The molecule has 1 saturated heterocycles. The summed E-state index contributed by atoms with van der Waals surface area (Å²) in [5.74, 6) is 1.59. The molecule has 2 N–H and O–H groups in total. The Morgan fingerprint density at radius 1 is 1.41 bits per heavy atom. The van der Waals surface area contributed by atoms with Crippen molar-refractivity contribution < 1.29 is 19.0 Å². The number of rotatable bonds is 7. The third-order valence-electron chi connectivity index (χ3n) is 4.31. The van der Waals surface area contributed by atoms with E-state index in [2.05, 4.69) is 15.5 Å². The highest BCUT2D eigenvalue weighted by Crippen LogP contribution is 2.29. The zero-order chi connectivity index (χ0) is 19.2. The highest BCUT2D eigenvalue weighted by Gasteiger charge is 2.29. The first-order valence-electron chi connectivity index (χ1n) is 8.78. The van der Waals surface area contributed by atoms with Gasteiger partial charge in [0.25, 0.3) is 5.91 Å². The number of ether oxygens (including phenoxy) is 3. The molecule has 146 valence electrons. The second-order valence-corrected chi connectivity index (χ2v) is 6.13. The van der Waals surface area contributed by atoms with Gasteiger partial charge in [-0.2, -0.15) is 0 Å². The van der Waals surface area contributed by atoms with Crippen molar-refractivity contribution in [2.75, 3.05) is 40.0 Å². The van der Waals surface area contributed by atoms with E-state index < -0.39 is 0 Å². The molecule has 2 heterocycles. The molecule has 1 aromatic carbocycles. The molecule has 2 aromatic rings. The molecule has 10 nitrogen and oxygen atoms in total. The Morgan fingerprint density at radius 2 is 2.26 bits per heavy atom. The lowest BCUT2D eigenvalue weighted by Crippen LogP contribution is -2.42. The monoisotopic (exact) mass is 376 g/mol. The number of methoxy groups -OCH3 is 1. The Labute approximate surface area is 157 Å². The molecule has 1 fully saturated rings. The molecule has 1 atom stereocenters. The van der Waals surface area contributed by atoms with Gasteiger partial charge in [-0.15, -0.1) is 5.10 Å². The zero-order valence-corrected chi connectivity index (χ0v) is 15.5. The molecule has 0 radical (unpaired) electrons. The summed E-state index contributed by atoms with van der Waals surface area (Å²) in [6.07, 6.45) is 0.360. The number of amides is 1. The van der Waals surface area contributed by atoms with Crippen LogP contribution in [0.5, 0.6) is 11.5 Å². The number of aromatic nitrogens is 4. The zero-order valence-electron chi connectivity index (χ0n) is 15.5. The summed E-state index contributed by atoms with van der Waals surface area (Å²) in [5, 5.41) is 11.4. The maximum Gasteiger partial charge on any atom is 0.254 e. The van der Waals surface area contributed by atoms with Gasteiger partial charge in [-0.1, -0.05) is 0 Å². The minimum absolute atomic E-state index is 0.107. The quantitative estimate of drug-likeness (QED) is 0.679. The molecule has 0 aliphatic carbocycles. The van der Waals surface area contributed by atoms with E-state index in [0.717, 1.165) is 6.42 Å². The van der Waals surface area contributed by atoms with Crippen molar-refractivity contribution in [3.63, 3.8) is 0 Å². The molecule has 10 heteroatoms. The molecule has 1 aliphatic rings. The molecular formula is C17H24N6O4. The van der Waals surface area contributed by atoms with Gasteiger partial charge in [0.1, 0.15) is 6.10 Å². The Bertz CT molecular complexity index is 781. The Balaban J connectivity index is 1.74. The van der Waals surface area contributed by atoms with Gasteiger partial charge >= 0.3 is 0 Å². The second-order valence-electron chi connectivity index (χ2n) is 6.13. The number of nitrogens with zero attached hydrogens (tertiary/aromatic N) is 5. The van der Waals surface area contributed by atoms with E-state index in [1.54, 1.807) is 41.9 Å². The van der Waals surface area contributed by atoms with Crippen molar-refractivity contribution >= 4 is 5.91 Å². The van der Waals surface area contributed by atoms with Gasteiger partial charge in [-0.25, -0.2) is 4.68 Å². The molecular weight excluding hydrogens is 352 g/mol. The van der Waals surface area contributed by atoms with E-state index in [4.69, 9.17) is 19.9 Å². The van der Waals surface area contributed by atoms with Crippen LogP contribution in [-0.4, -0.2) is 71.0 Å². The Morgan fingerprint density at radius 3 is 2.96 bits per heavy atom. The van der Waals surface area contributed by atoms with Crippen molar-refractivity contribution in [1.82, 2.24) is 25.1 Å². The first-order valence-corrected chi connectivity index (χ1v) is 8.78. The van der Waals surface area contributed by atoms with E-state index in [-0.39, 0.29) is 12.0 Å². The van der Waals surface area contributed by atoms with Crippen LogP contribution in [0.3, 0.4) is 0 Å². The lowest BCUT2D eigenvalue weighted by Gasteiger charge is -2.32. The summed E-state index contributed by atoms with van der Waals surface area (Å²) in [6.45, 7) is 2.29. The largest absolute Gasteiger partial charge is 0.493 e. The summed E-state index contributed by atoms with van der Waals surface area (Å²) in [4.78, 5) is 14.7. The van der Waals surface area contributed by atoms with Crippen LogP contribution in [0.1, 0.15) is 28.7 Å². The average Bonchev–Trinajstić information content (AvgIpc) is 3.13. The fraction of sp³-hybridized carbons (Fsp3) is 0.529. The third-order valence-corrected chi connectivity index (χ3v) is 4.31. The smallest absolute Gasteiger partial charge is 0.254 e. The first-order chi connectivity index (χ1) is 13.1. The van der Waals surface area contributed by atoms with Crippen LogP contribution < -0.4 is 15.2 Å². The molecule has 0 spiro atoms. The summed E-state index contributed by atoms with van der Waals surface area (Å²) in [5.41, 5.74) is 6.03. The summed E-state index contributed by atoms with van der Waals surface area (Å²) < 4.78 is 18.3. The number of nitrogens with two attached hydrogens (primary N) is 1. The standard InChI is InChI=1S/C17H24N6O4/c1-22-16(19-20-21-22)15-11-23(7-9-27-15)17(24)12-4-5-13(25-2)14(10-12)26-8-3-6-18/h4-5,10,15H,3,6-9,11,18H2,1-2H3. The van der Waals surface area contributed by atoms with Crippen molar-refractivity contribution in [3.05, 3.63) is 29.6 Å². The average molecular weight is 376 g/mol. The summed E-state index contributed by atoms with van der Waals surface area (Å²) in [7, 11) is 3.31. The maximum atomic E-state index is 13.0. The number of carbonyl (C=O) groups is 1. The number of aryl methyl sites for hydroxylation is 1. The van der Waals surface area contributed by atoms with Crippen LogP contribution in [-0.2, 0) is 11.8 Å². The summed E-state index contributed by atoms with van der Waals surface area (Å²) >= 11 is 0. The van der Waals surface area contributed by atoms with Gasteiger partial charge in [0.2, 0.25) is 0 Å². The predicted molar refractivity (Wildman–Crippen MR) is 95.6 cm³/mol. The van der Waals surface area contributed by atoms with Crippen molar-refractivity contribution in [2.24, 2.45) is 12.8 Å². The minimum atomic E-state index is -0.360. The number of morpholine rings is 1. The molecule has 0 bridgehead atoms. The van der Waals surface area contributed by atoms with Gasteiger partial charge < -0.3 is 24.8 Å². The number of carbonyl (C=O) groups excluding carboxylic acids is 1. The van der Waals surface area contributed by atoms with Crippen LogP contribution in [0.25, 0.3) is 0 Å². The SMILES string of the molecule is COc1ccc(C(=O)N2CCOC(c3nnnn3C)C2)cc1OCCCN. The normalized spacial score (nSPS) is 17.0. The second kappa shape index (κ2) is 8.78. The van der Waals surface area contributed by atoms with E-state index >= 15 is 0 Å². The highest BCUT2D eigenvalue weighted by atomic mass is 16.5. The molecule has 1 amide bonds. The maximum absolute atomic E-state index is 13.0. The molecule has 0 saturated carbocycles. The number of hydrogen-bond acceptors (Lipinski definition) is 8. The van der Waals surface area contributed by atoms with E-state index in [1.165, 1.54) is 0 Å². The van der Waals surface area contributed by atoms with Crippen LogP contribution >= 0.6 is 0 Å². The van der Waals surface area contributed by atoms with Gasteiger partial charge in [0.15, 0.2) is 17.3 Å². The predicted octanol–water partition coefficient (Wildman–Crippen LogP) is 0.160. The minimum Gasteiger partial charge on any atom is -0.493 e. The molecule has 1 unspecified atom stereocenters. The van der Waals surface area contributed by atoms with Crippen molar-refractivity contribution in [3.8, 4) is 11.5 Å². The topological polar surface area (TPSA) is 118 Å². The van der Waals surface area contributed by atoms with Gasteiger partial charge in [-0.05, 0) is 41.6 Å². The Hall–Kier alpha value is -2.72. The number of tetrazole rings is 1. The number of benzene rings is 1. The van der Waals surface area contributed by atoms with Crippen LogP contribution in [0.15, 0.2) is 18.2 Å². The lowest BCUT2D eigenvalue weighted by molar-refractivity contribution is -0.0284. The van der Waals surface area contributed by atoms with E-state index in [0.29, 0.717) is 55.7 Å². The van der Waals surface area contributed by atoms with Crippen LogP contribution in [0.2, 0.25) is 0 Å². The van der Waals surface area contributed by atoms with Gasteiger partial charge in [0, 0.05) is 19.2 Å². The highest BCUT2D eigenvalue weighted by molar-refractivity contribution is 5.95. The molecule has 1 aromatic heterocycles. The van der Waals surface area contributed by atoms with Crippen molar-refractivity contribution in [1.29, 1.82) is 0 Å². The first kappa shape index (κ1) is 19.1. The molecule has 27 heavy (non-hydrogen) atoms. The van der Waals surface area contributed by atoms with Gasteiger partial charge in [0.05, 0.1) is 26.9 Å².